The minimum atomic E-state index is -1.47. The molecule has 39 heavy (non-hydrogen) atoms. The summed E-state index contributed by atoms with van der Waals surface area (Å²) in [5, 5.41) is 30.6. The normalized spacial score (nSPS) is 20.6. The van der Waals surface area contributed by atoms with E-state index in [9.17, 15) is 34.5 Å². The summed E-state index contributed by atoms with van der Waals surface area (Å²) in [6.07, 6.45) is -0.603. The smallest absolute Gasteiger partial charge is 0.407 e. The molecule has 1 fully saturated rings. The first-order valence-electron chi connectivity index (χ1n) is 11.9. The van der Waals surface area contributed by atoms with Crippen molar-refractivity contribution in [3.05, 3.63) is 55.2 Å². The van der Waals surface area contributed by atoms with E-state index < -0.39 is 39.9 Å². The first-order chi connectivity index (χ1) is 18.5. The molecule has 2 aromatic rings. The van der Waals surface area contributed by atoms with Crippen LogP contribution < -0.4 is 4.90 Å². The second-order valence-corrected chi connectivity index (χ2v) is 10.0. The first kappa shape index (κ1) is 28.3. The number of carboxylic acid groups (broad SMARTS) is 1. The van der Waals surface area contributed by atoms with Gasteiger partial charge in [-0.2, -0.15) is 10.2 Å². The van der Waals surface area contributed by atoms with Gasteiger partial charge in [-0.05, 0) is 48.1 Å². The molecule has 1 aromatic heterocycles. The molecule has 15 heteroatoms. The van der Waals surface area contributed by atoms with Gasteiger partial charge in [0, 0.05) is 26.1 Å². The molecule has 1 aromatic carbocycles. The van der Waals surface area contributed by atoms with Crippen LogP contribution in [0, 0.1) is 27.3 Å². The van der Waals surface area contributed by atoms with E-state index in [1.54, 1.807) is 0 Å². The number of ether oxygens (including phenoxy) is 1. The molecule has 1 aliphatic heterocycles. The summed E-state index contributed by atoms with van der Waals surface area (Å²) in [4.78, 5) is 47.5. The average molecular weight is 581 g/mol. The summed E-state index contributed by atoms with van der Waals surface area (Å²) < 4.78 is 19.4. The Morgan fingerprint density at radius 2 is 2.10 bits per heavy atom. The van der Waals surface area contributed by atoms with Crippen molar-refractivity contribution in [2.24, 2.45) is 0 Å². The minimum Gasteiger partial charge on any atom is -0.468 e. The lowest BCUT2D eigenvalue weighted by Crippen LogP contribution is -2.55. The Bertz CT molecular complexity index is 1390. The quantitative estimate of drug-likeness (QED) is 0.229. The summed E-state index contributed by atoms with van der Waals surface area (Å²) in [5.74, 6) is -1.50. The van der Waals surface area contributed by atoms with Crippen LogP contribution in [-0.4, -0.2) is 69.7 Å². The second kappa shape index (κ2) is 11.2. The van der Waals surface area contributed by atoms with Crippen molar-refractivity contribution in [3.8, 4) is 6.07 Å². The topological polar surface area (TPSA) is 163 Å². The standard InChI is InChI=1S/C24H23Cl2FN6O6/c1-39-21(34)24(7-2-3-14-15(24)4-5-16(27)18(14)25)11-17-19(33(37)38)20(30-22(26)29-17)31-9-10-32(23(35)36)13(12-31)6-8-28/h4-5,13H,2-3,6-7,9-12H2,1H3,(H,35,36)/t13-,24?/m0/s1. The Balaban J connectivity index is 1.84. The fraction of sp³-hybridized carbons (Fsp3) is 0.458. The van der Waals surface area contributed by atoms with Gasteiger partial charge in [0.25, 0.3) is 0 Å². The SMILES string of the molecule is COC(=O)C1(Cc2nc(Cl)nc(N3CCN(C(=O)O)[C@@H](CC#N)C3)c2[N+](=O)[O-])CCCc2c1ccc(F)c2Cl. The Morgan fingerprint density at radius 3 is 2.74 bits per heavy atom. The number of rotatable bonds is 6. The fourth-order valence-corrected chi connectivity index (χ4v) is 5.95. The molecule has 4 rings (SSSR count). The number of fused-ring (bicyclic) bond motifs is 1. The van der Waals surface area contributed by atoms with Crippen LogP contribution in [0.15, 0.2) is 12.1 Å². The maximum Gasteiger partial charge on any atom is 0.407 e. The molecule has 2 atom stereocenters. The van der Waals surface area contributed by atoms with Crippen LogP contribution in [0.1, 0.15) is 36.1 Å². The van der Waals surface area contributed by atoms with Crippen molar-refractivity contribution in [1.29, 1.82) is 5.26 Å². The molecular weight excluding hydrogens is 558 g/mol. The minimum absolute atomic E-state index is 0.0284. The number of carbonyl (C=O) groups excluding carboxylic acids is 1. The van der Waals surface area contributed by atoms with E-state index in [4.69, 9.17) is 27.9 Å². The number of nitro groups is 1. The van der Waals surface area contributed by atoms with Crippen molar-refractivity contribution in [1.82, 2.24) is 14.9 Å². The van der Waals surface area contributed by atoms with Gasteiger partial charge in [0.2, 0.25) is 11.1 Å². The Kier molecular flexibility index (Phi) is 8.08. The van der Waals surface area contributed by atoms with Crippen LogP contribution in [0.5, 0.6) is 0 Å². The van der Waals surface area contributed by atoms with E-state index >= 15 is 0 Å². The van der Waals surface area contributed by atoms with Gasteiger partial charge in [-0.15, -0.1) is 0 Å². The monoisotopic (exact) mass is 580 g/mol. The van der Waals surface area contributed by atoms with E-state index in [2.05, 4.69) is 9.97 Å². The number of piperazine rings is 1. The van der Waals surface area contributed by atoms with Crippen LogP contribution >= 0.6 is 23.2 Å². The third-order valence-electron chi connectivity index (χ3n) is 7.24. The van der Waals surface area contributed by atoms with Crippen molar-refractivity contribution < 1.29 is 28.7 Å². The first-order valence-corrected chi connectivity index (χ1v) is 12.7. The van der Waals surface area contributed by atoms with Gasteiger partial charge in [-0.25, -0.2) is 14.2 Å². The maximum atomic E-state index is 14.3. The third-order valence-corrected chi connectivity index (χ3v) is 7.81. The number of amides is 1. The number of aromatic nitrogens is 2. The zero-order valence-electron chi connectivity index (χ0n) is 20.7. The van der Waals surface area contributed by atoms with Gasteiger partial charge in [0.05, 0.1) is 41.0 Å². The average Bonchev–Trinajstić information content (AvgIpc) is 2.89. The summed E-state index contributed by atoms with van der Waals surface area (Å²) in [6.45, 7) is -0.0333. The number of hydrogen-bond donors (Lipinski definition) is 1. The largest absolute Gasteiger partial charge is 0.468 e. The van der Waals surface area contributed by atoms with Gasteiger partial charge in [0.15, 0.2) is 0 Å². The number of nitrogens with zero attached hydrogens (tertiary/aromatic N) is 6. The van der Waals surface area contributed by atoms with Crippen molar-refractivity contribution >= 4 is 46.8 Å². The number of benzene rings is 1. The summed E-state index contributed by atoms with van der Waals surface area (Å²) >= 11 is 12.5. The molecule has 1 aliphatic carbocycles. The van der Waals surface area contributed by atoms with E-state index in [-0.39, 0.29) is 60.7 Å². The number of nitriles is 1. The molecule has 2 aliphatic rings. The van der Waals surface area contributed by atoms with E-state index in [0.29, 0.717) is 24.0 Å². The lowest BCUT2D eigenvalue weighted by molar-refractivity contribution is -0.385. The van der Waals surface area contributed by atoms with Crippen molar-refractivity contribution in [2.75, 3.05) is 31.6 Å². The molecule has 2 heterocycles. The number of esters is 1. The highest BCUT2D eigenvalue weighted by Gasteiger charge is 2.48. The molecule has 0 spiro atoms. The molecule has 0 radical (unpaired) electrons. The van der Waals surface area contributed by atoms with E-state index in [1.807, 2.05) is 6.07 Å². The highest BCUT2D eigenvalue weighted by molar-refractivity contribution is 6.31. The van der Waals surface area contributed by atoms with Crippen LogP contribution in [0.4, 0.5) is 20.7 Å². The molecule has 0 saturated carbocycles. The third kappa shape index (κ3) is 5.14. The van der Waals surface area contributed by atoms with Gasteiger partial charge in [-0.3, -0.25) is 14.9 Å². The number of methoxy groups -OCH3 is 1. The Hall–Kier alpha value is -3.76. The predicted octanol–water partition coefficient (Wildman–Crippen LogP) is 3.90. The second-order valence-electron chi connectivity index (χ2n) is 9.30. The van der Waals surface area contributed by atoms with E-state index in [0.717, 1.165) is 11.0 Å². The Morgan fingerprint density at radius 1 is 1.36 bits per heavy atom. The fourth-order valence-electron chi connectivity index (χ4n) is 5.51. The van der Waals surface area contributed by atoms with Gasteiger partial charge >= 0.3 is 17.7 Å². The number of anilines is 1. The molecule has 1 amide bonds. The zero-order valence-corrected chi connectivity index (χ0v) is 22.2. The van der Waals surface area contributed by atoms with Crippen LogP contribution in [0.25, 0.3) is 0 Å². The summed E-state index contributed by atoms with van der Waals surface area (Å²) in [5.41, 5.74) is -1.32. The maximum absolute atomic E-state index is 14.3. The highest BCUT2D eigenvalue weighted by atomic mass is 35.5. The van der Waals surface area contributed by atoms with Crippen molar-refractivity contribution in [3.63, 3.8) is 0 Å². The molecular formula is C24H23Cl2FN6O6. The molecule has 206 valence electrons. The highest BCUT2D eigenvalue weighted by Crippen LogP contribution is 2.46. The van der Waals surface area contributed by atoms with Gasteiger partial charge in [0.1, 0.15) is 11.5 Å². The zero-order chi connectivity index (χ0) is 28.5. The molecule has 1 unspecified atom stereocenters. The molecule has 0 bridgehead atoms. The Labute approximate surface area is 232 Å². The van der Waals surface area contributed by atoms with Crippen LogP contribution in [-0.2, 0) is 27.8 Å². The van der Waals surface area contributed by atoms with Crippen LogP contribution in [0.3, 0.4) is 0 Å². The number of carbonyl (C=O) groups is 2. The molecule has 1 N–H and O–H groups in total. The van der Waals surface area contributed by atoms with Crippen LogP contribution in [0.2, 0.25) is 10.3 Å². The predicted molar refractivity (Wildman–Crippen MR) is 136 cm³/mol. The number of halogens is 3. The molecule has 12 nitrogen and oxygen atoms in total. The molecule has 1 saturated heterocycles. The number of hydrogen-bond acceptors (Lipinski definition) is 9. The lowest BCUT2D eigenvalue weighted by Gasteiger charge is -2.39. The summed E-state index contributed by atoms with van der Waals surface area (Å²) in [7, 11) is 1.19. The van der Waals surface area contributed by atoms with Crippen molar-refractivity contribution in [2.45, 2.75) is 43.6 Å². The summed E-state index contributed by atoms with van der Waals surface area (Å²) in [6, 6.07) is 3.74. The van der Waals surface area contributed by atoms with Gasteiger partial charge < -0.3 is 19.6 Å². The van der Waals surface area contributed by atoms with E-state index in [1.165, 1.54) is 18.1 Å². The van der Waals surface area contributed by atoms with Gasteiger partial charge in [-0.1, -0.05) is 17.7 Å². The lowest BCUT2D eigenvalue weighted by atomic mass is 9.67.